The average molecular weight is 477 g/mol. The van der Waals surface area contributed by atoms with Crippen molar-refractivity contribution in [1.82, 2.24) is 9.80 Å². The van der Waals surface area contributed by atoms with Gasteiger partial charge in [-0.3, -0.25) is 14.4 Å². The van der Waals surface area contributed by atoms with Crippen molar-refractivity contribution < 1.29 is 24.2 Å². The third kappa shape index (κ3) is 4.14. The van der Waals surface area contributed by atoms with E-state index >= 15 is 0 Å². The smallest absolute Gasteiger partial charge is 0.311 e. The minimum Gasteiger partial charge on any atom is -0.461 e. The Morgan fingerprint density at radius 1 is 1.21 bits per heavy atom. The molecule has 4 aliphatic rings. The number of amides is 2. The van der Waals surface area contributed by atoms with Crippen LogP contribution in [0.3, 0.4) is 0 Å². The minimum absolute atomic E-state index is 0.0736. The Bertz CT molecular complexity index is 843. The van der Waals surface area contributed by atoms with Crippen LogP contribution in [0, 0.1) is 17.8 Å². The van der Waals surface area contributed by atoms with E-state index in [2.05, 4.69) is 6.92 Å². The van der Waals surface area contributed by atoms with Crippen LogP contribution in [-0.4, -0.2) is 81.1 Å². The molecular weight excluding hydrogens is 440 g/mol. The normalized spacial score (nSPS) is 34.2. The van der Waals surface area contributed by atoms with Crippen molar-refractivity contribution in [2.45, 2.75) is 68.5 Å². The second-order valence-corrected chi connectivity index (χ2v) is 11.5. The summed E-state index contributed by atoms with van der Waals surface area (Å²) in [6.07, 6.45) is 11.4. The maximum absolute atomic E-state index is 14.0. The fraction of sp³-hybridized carbons (Fsp3) is 0.720. The van der Waals surface area contributed by atoms with Crippen LogP contribution < -0.4 is 0 Å². The number of thioether (sulfide) groups is 1. The number of esters is 1. The zero-order valence-corrected chi connectivity index (χ0v) is 20.6. The van der Waals surface area contributed by atoms with Gasteiger partial charge in [-0.05, 0) is 18.8 Å². The lowest BCUT2D eigenvalue weighted by molar-refractivity contribution is -0.152. The summed E-state index contributed by atoms with van der Waals surface area (Å²) in [4.78, 5) is 44.5. The Balaban J connectivity index is 1.78. The molecule has 0 saturated carbocycles. The van der Waals surface area contributed by atoms with E-state index < -0.39 is 28.7 Å². The fourth-order valence-electron chi connectivity index (χ4n) is 5.92. The van der Waals surface area contributed by atoms with Crippen molar-refractivity contribution in [1.29, 1.82) is 0 Å². The highest BCUT2D eigenvalue weighted by molar-refractivity contribution is 8.02. The van der Waals surface area contributed by atoms with Gasteiger partial charge in [-0.25, -0.2) is 0 Å². The number of carbonyl (C=O) groups excluding carboxylic acids is 3. The topological polar surface area (TPSA) is 87.2 Å². The highest BCUT2D eigenvalue weighted by Gasteiger charge is 2.71. The summed E-state index contributed by atoms with van der Waals surface area (Å²) in [6.45, 7) is 7.36. The Hall–Kier alpha value is -1.80. The van der Waals surface area contributed by atoms with Gasteiger partial charge in [-0.2, -0.15) is 0 Å². The number of aliphatic hydroxyl groups is 1. The van der Waals surface area contributed by atoms with Gasteiger partial charge in [0.25, 0.3) is 0 Å². The van der Waals surface area contributed by atoms with Crippen LogP contribution in [0.1, 0.15) is 46.5 Å². The van der Waals surface area contributed by atoms with Crippen molar-refractivity contribution in [3.8, 4) is 0 Å². The number of rotatable bonds is 8. The van der Waals surface area contributed by atoms with Crippen molar-refractivity contribution in [3.63, 3.8) is 0 Å². The second-order valence-electron chi connectivity index (χ2n) is 10.0. The zero-order chi connectivity index (χ0) is 23.8. The van der Waals surface area contributed by atoms with Crippen LogP contribution in [0.25, 0.3) is 0 Å². The van der Waals surface area contributed by atoms with Gasteiger partial charge in [0.05, 0.1) is 29.2 Å². The predicted molar refractivity (Wildman–Crippen MR) is 127 cm³/mol. The van der Waals surface area contributed by atoms with Crippen molar-refractivity contribution in [3.05, 3.63) is 24.3 Å². The molecule has 182 valence electrons. The van der Waals surface area contributed by atoms with Crippen LogP contribution >= 0.6 is 11.8 Å². The lowest BCUT2D eigenvalue weighted by Gasteiger charge is -2.39. The SMILES string of the molecule is CCCCCN1CC=C[C@]23S[C@@H]4C=CCOC(=O)[C@@H]4[C@H]2C(=O)N([C@@H](CO)CC(C)C)C3C1=O. The van der Waals surface area contributed by atoms with Crippen LogP contribution in [-0.2, 0) is 19.1 Å². The number of carbonyl (C=O) groups is 3. The van der Waals surface area contributed by atoms with Gasteiger partial charge in [-0.1, -0.05) is 57.9 Å². The van der Waals surface area contributed by atoms with Gasteiger partial charge in [0, 0.05) is 18.3 Å². The number of hydrogen-bond acceptors (Lipinski definition) is 6. The van der Waals surface area contributed by atoms with Crippen LogP contribution in [0.15, 0.2) is 24.3 Å². The van der Waals surface area contributed by atoms with Crippen molar-refractivity contribution in [2.75, 3.05) is 26.3 Å². The molecule has 0 aromatic heterocycles. The fourth-order valence-corrected chi connectivity index (χ4v) is 7.91. The van der Waals surface area contributed by atoms with Gasteiger partial charge in [-0.15, -0.1) is 11.8 Å². The summed E-state index contributed by atoms with van der Waals surface area (Å²) in [5.74, 6) is -1.71. The summed E-state index contributed by atoms with van der Waals surface area (Å²) in [5.41, 5.74) is 0. The molecule has 2 saturated heterocycles. The number of hydrogen-bond donors (Lipinski definition) is 1. The summed E-state index contributed by atoms with van der Waals surface area (Å²) in [6, 6.07) is -1.20. The quantitative estimate of drug-likeness (QED) is 0.329. The van der Waals surface area contributed by atoms with E-state index in [9.17, 15) is 19.5 Å². The molecule has 33 heavy (non-hydrogen) atoms. The largest absolute Gasteiger partial charge is 0.461 e. The van der Waals surface area contributed by atoms with Gasteiger partial charge in [0.15, 0.2) is 0 Å². The molecule has 0 aliphatic carbocycles. The van der Waals surface area contributed by atoms with Gasteiger partial charge >= 0.3 is 5.97 Å². The maximum Gasteiger partial charge on any atom is 0.311 e. The van der Waals surface area contributed by atoms with Crippen molar-refractivity contribution >= 4 is 29.5 Å². The molecule has 1 spiro atoms. The lowest BCUT2D eigenvalue weighted by Crippen LogP contribution is -2.56. The van der Waals surface area contributed by atoms with Crippen molar-refractivity contribution in [2.24, 2.45) is 17.8 Å². The van der Waals surface area contributed by atoms with E-state index in [0.29, 0.717) is 19.5 Å². The molecule has 1 unspecified atom stereocenters. The minimum atomic E-state index is -0.839. The first-order valence-corrected chi connectivity index (χ1v) is 13.1. The first-order chi connectivity index (χ1) is 15.9. The standard InChI is InChI=1S/C25H36N2O5S/c1-4-5-6-11-26-12-8-10-25-20(19-18(33-25)9-7-13-32-24(19)31)22(29)27(21(25)23(26)30)17(15-28)14-16(2)3/h7-10,16-21,28H,4-6,11-15H2,1-3H3/t17-,18-,19+,20+,21?,25+/m1/s1. The molecule has 6 atom stereocenters. The molecule has 4 aliphatic heterocycles. The van der Waals surface area contributed by atoms with Crippen LogP contribution in [0.2, 0.25) is 0 Å². The molecule has 0 radical (unpaired) electrons. The third-order valence-electron chi connectivity index (χ3n) is 7.31. The van der Waals surface area contributed by atoms with Gasteiger partial charge in [0.2, 0.25) is 11.8 Å². The van der Waals surface area contributed by atoms with Gasteiger partial charge in [0.1, 0.15) is 12.6 Å². The molecule has 0 aromatic rings. The number of ether oxygens (including phenoxy) is 1. The van der Waals surface area contributed by atoms with E-state index in [1.807, 2.05) is 43.1 Å². The zero-order valence-electron chi connectivity index (χ0n) is 19.8. The molecule has 4 rings (SSSR count). The molecule has 0 aromatic carbocycles. The summed E-state index contributed by atoms with van der Waals surface area (Å²) in [7, 11) is 0. The summed E-state index contributed by atoms with van der Waals surface area (Å²) in [5, 5.41) is 10.1. The number of likely N-dealkylation sites (tertiary alicyclic amines) is 1. The van der Waals surface area contributed by atoms with Gasteiger partial charge < -0.3 is 19.6 Å². The molecule has 4 heterocycles. The monoisotopic (exact) mass is 476 g/mol. The number of fused-ring (bicyclic) bond motifs is 2. The third-order valence-corrected chi connectivity index (χ3v) is 9.06. The van der Waals surface area contributed by atoms with E-state index in [1.165, 1.54) is 0 Å². The number of nitrogens with zero attached hydrogens (tertiary/aromatic N) is 2. The Morgan fingerprint density at radius 3 is 2.70 bits per heavy atom. The Morgan fingerprint density at radius 2 is 2.00 bits per heavy atom. The number of unbranched alkanes of at least 4 members (excludes halogenated alkanes) is 2. The summed E-state index contributed by atoms with van der Waals surface area (Å²) < 4.78 is 4.56. The number of cyclic esters (lactones) is 1. The van der Waals surface area contributed by atoms with E-state index in [0.717, 1.165) is 19.3 Å². The molecule has 2 amide bonds. The lowest BCUT2D eigenvalue weighted by atomic mass is 9.78. The first-order valence-electron chi connectivity index (χ1n) is 12.3. The Kier molecular flexibility index (Phi) is 7.24. The molecule has 8 heteroatoms. The summed E-state index contributed by atoms with van der Waals surface area (Å²) >= 11 is 1.55. The highest BCUT2D eigenvalue weighted by atomic mass is 32.2. The van der Waals surface area contributed by atoms with Crippen LogP contribution in [0.4, 0.5) is 0 Å². The molecule has 7 nitrogen and oxygen atoms in total. The second kappa shape index (κ2) is 9.82. The van der Waals surface area contributed by atoms with E-state index in [1.54, 1.807) is 16.7 Å². The first kappa shape index (κ1) is 24.3. The van der Waals surface area contributed by atoms with Crippen LogP contribution in [0.5, 0.6) is 0 Å². The Labute approximate surface area is 200 Å². The average Bonchev–Trinajstić information content (AvgIpc) is 3.09. The number of aliphatic hydroxyl groups excluding tert-OH is 1. The molecule has 1 N–H and O–H groups in total. The molecule has 0 bridgehead atoms. The van der Waals surface area contributed by atoms with E-state index in [-0.39, 0.29) is 42.2 Å². The van der Waals surface area contributed by atoms with E-state index in [4.69, 9.17) is 4.74 Å². The maximum atomic E-state index is 14.0. The predicted octanol–water partition coefficient (Wildman–Crippen LogP) is 2.39. The highest BCUT2D eigenvalue weighted by Crippen LogP contribution is 2.61. The molecular formula is C25H36N2O5S. The molecule has 2 fully saturated rings.